The van der Waals surface area contributed by atoms with Crippen LogP contribution in [0.5, 0.6) is 0 Å². The van der Waals surface area contributed by atoms with Crippen LogP contribution in [0.2, 0.25) is 0 Å². The fourth-order valence-corrected chi connectivity index (χ4v) is 4.64. The van der Waals surface area contributed by atoms with Crippen LogP contribution in [0.15, 0.2) is 53.7 Å². The molecular formula is C17H24N4O2S. The minimum atomic E-state index is -3.36. The normalized spacial score (nSPS) is 18.5. The van der Waals surface area contributed by atoms with Crippen molar-refractivity contribution in [2.75, 3.05) is 13.1 Å². The van der Waals surface area contributed by atoms with Crippen molar-refractivity contribution >= 4 is 10.0 Å². The van der Waals surface area contributed by atoms with Crippen LogP contribution in [-0.4, -0.2) is 47.7 Å². The summed E-state index contributed by atoms with van der Waals surface area (Å²) in [6.07, 6.45) is 5.39. The van der Waals surface area contributed by atoms with Crippen molar-refractivity contribution in [2.45, 2.75) is 43.3 Å². The van der Waals surface area contributed by atoms with Crippen molar-refractivity contribution in [3.63, 3.8) is 0 Å². The zero-order valence-corrected chi connectivity index (χ0v) is 14.7. The lowest BCUT2D eigenvalue weighted by Crippen LogP contribution is -2.47. The maximum absolute atomic E-state index is 12.6. The van der Waals surface area contributed by atoms with Crippen LogP contribution in [0.25, 0.3) is 0 Å². The molecule has 0 radical (unpaired) electrons. The maximum atomic E-state index is 12.6. The Morgan fingerprint density at radius 3 is 2.54 bits per heavy atom. The lowest BCUT2D eigenvalue weighted by Gasteiger charge is -2.33. The SMILES string of the molecule is C[C@H](Cn1cccn1)NC1CCN(S(=O)(=O)c2ccccc2)CC1. The number of nitrogens with zero attached hydrogens (tertiary/aromatic N) is 3. The van der Waals surface area contributed by atoms with Gasteiger partial charge in [0.1, 0.15) is 0 Å². The Labute approximate surface area is 143 Å². The summed E-state index contributed by atoms with van der Waals surface area (Å²) in [5.74, 6) is 0. The Bertz CT molecular complexity index is 723. The third-order valence-electron chi connectivity index (χ3n) is 4.38. The van der Waals surface area contributed by atoms with E-state index in [-0.39, 0.29) is 0 Å². The summed E-state index contributed by atoms with van der Waals surface area (Å²) in [5.41, 5.74) is 0. The Morgan fingerprint density at radius 2 is 1.92 bits per heavy atom. The van der Waals surface area contributed by atoms with Gasteiger partial charge in [-0.3, -0.25) is 4.68 Å². The lowest BCUT2D eigenvalue weighted by molar-refractivity contribution is 0.268. The molecule has 7 heteroatoms. The Kier molecular flexibility index (Phi) is 5.33. The molecule has 1 atom stereocenters. The first-order valence-electron chi connectivity index (χ1n) is 8.34. The van der Waals surface area contributed by atoms with E-state index in [1.165, 1.54) is 0 Å². The fourth-order valence-electron chi connectivity index (χ4n) is 3.15. The van der Waals surface area contributed by atoms with Gasteiger partial charge in [0, 0.05) is 37.6 Å². The van der Waals surface area contributed by atoms with Gasteiger partial charge in [-0.15, -0.1) is 0 Å². The Morgan fingerprint density at radius 1 is 1.21 bits per heavy atom. The van der Waals surface area contributed by atoms with Crippen LogP contribution >= 0.6 is 0 Å². The molecule has 1 fully saturated rings. The van der Waals surface area contributed by atoms with Crippen molar-refractivity contribution < 1.29 is 8.42 Å². The van der Waals surface area contributed by atoms with Crippen LogP contribution in [-0.2, 0) is 16.6 Å². The second-order valence-electron chi connectivity index (χ2n) is 6.29. The van der Waals surface area contributed by atoms with Crippen molar-refractivity contribution in [1.29, 1.82) is 0 Å². The van der Waals surface area contributed by atoms with Gasteiger partial charge in [-0.05, 0) is 38.0 Å². The summed E-state index contributed by atoms with van der Waals surface area (Å²) < 4.78 is 28.7. The Balaban J connectivity index is 1.52. The Hall–Kier alpha value is -1.70. The number of benzene rings is 1. The average molecular weight is 348 g/mol. The van der Waals surface area contributed by atoms with Gasteiger partial charge in [0.25, 0.3) is 0 Å². The number of aromatic nitrogens is 2. The van der Waals surface area contributed by atoms with Crippen molar-refractivity contribution in [2.24, 2.45) is 0 Å². The second-order valence-corrected chi connectivity index (χ2v) is 8.23. The molecule has 1 aliphatic rings. The highest BCUT2D eigenvalue weighted by molar-refractivity contribution is 7.89. The molecule has 2 heterocycles. The predicted molar refractivity (Wildman–Crippen MR) is 93.0 cm³/mol. The molecule has 0 spiro atoms. The van der Waals surface area contributed by atoms with Crippen LogP contribution in [0.1, 0.15) is 19.8 Å². The molecule has 0 bridgehead atoms. The largest absolute Gasteiger partial charge is 0.310 e. The molecule has 0 saturated carbocycles. The molecule has 1 aliphatic heterocycles. The molecule has 1 saturated heterocycles. The van der Waals surface area contributed by atoms with E-state index in [1.54, 1.807) is 34.8 Å². The predicted octanol–water partition coefficient (Wildman–Crippen LogP) is 1.71. The number of hydrogen-bond donors (Lipinski definition) is 1. The van der Waals surface area contributed by atoms with Gasteiger partial charge in [0.15, 0.2) is 0 Å². The highest BCUT2D eigenvalue weighted by atomic mass is 32.2. The van der Waals surface area contributed by atoms with E-state index in [1.807, 2.05) is 23.0 Å². The standard InChI is InChI=1S/C17H24N4O2S/c1-15(14-20-11-5-10-18-20)19-16-8-12-21(13-9-16)24(22,23)17-6-3-2-4-7-17/h2-7,10-11,15-16,19H,8-9,12-14H2,1H3/t15-/m1/s1. The van der Waals surface area contributed by atoms with E-state index in [0.717, 1.165) is 19.4 Å². The number of sulfonamides is 1. The van der Waals surface area contributed by atoms with Crippen LogP contribution < -0.4 is 5.32 Å². The van der Waals surface area contributed by atoms with Crippen molar-refractivity contribution in [3.05, 3.63) is 48.8 Å². The number of rotatable bonds is 6. The van der Waals surface area contributed by atoms with Crippen molar-refractivity contribution in [3.8, 4) is 0 Å². The summed E-state index contributed by atoms with van der Waals surface area (Å²) in [6, 6.07) is 11.2. The van der Waals surface area contributed by atoms with Gasteiger partial charge >= 0.3 is 0 Å². The number of nitrogens with one attached hydrogen (secondary N) is 1. The fraction of sp³-hybridized carbons (Fsp3) is 0.471. The molecule has 0 unspecified atom stereocenters. The molecule has 2 aromatic rings. The van der Waals surface area contributed by atoms with Crippen molar-refractivity contribution in [1.82, 2.24) is 19.4 Å². The molecule has 1 aromatic heterocycles. The van der Waals surface area contributed by atoms with E-state index in [2.05, 4.69) is 17.3 Å². The molecule has 6 nitrogen and oxygen atoms in total. The summed E-state index contributed by atoms with van der Waals surface area (Å²) in [6.45, 7) is 4.07. The third kappa shape index (κ3) is 4.03. The molecule has 0 aliphatic carbocycles. The number of hydrogen-bond acceptors (Lipinski definition) is 4. The summed E-state index contributed by atoms with van der Waals surface area (Å²) >= 11 is 0. The van der Waals surface area contributed by atoms with Gasteiger partial charge < -0.3 is 5.32 Å². The molecule has 0 amide bonds. The molecule has 1 aromatic carbocycles. The maximum Gasteiger partial charge on any atom is 0.243 e. The van der Waals surface area contributed by atoms with E-state index in [9.17, 15) is 8.42 Å². The van der Waals surface area contributed by atoms with E-state index < -0.39 is 10.0 Å². The number of piperidine rings is 1. The molecule has 24 heavy (non-hydrogen) atoms. The first-order valence-corrected chi connectivity index (χ1v) is 9.78. The van der Waals surface area contributed by atoms with Crippen LogP contribution in [0.4, 0.5) is 0 Å². The third-order valence-corrected chi connectivity index (χ3v) is 6.29. The average Bonchev–Trinajstić information content (AvgIpc) is 3.09. The zero-order chi connectivity index (χ0) is 17.0. The zero-order valence-electron chi connectivity index (χ0n) is 13.9. The first-order chi connectivity index (χ1) is 11.6. The quantitative estimate of drug-likeness (QED) is 0.863. The van der Waals surface area contributed by atoms with Gasteiger partial charge in [-0.2, -0.15) is 9.40 Å². The van der Waals surface area contributed by atoms with Gasteiger partial charge in [0.2, 0.25) is 10.0 Å². The molecule has 130 valence electrons. The first kappa shape index (κ1) is 17.1. The van der Waals surface area contributed by atoms with E-state index in [0.29, 0.717) is 30.1 Å². The summed E-state index contributed by atoms with van der Waals surface area (Å²) in [7, 11) is -3.36. The van der Waals surface area contributed by atoms with Crippen LogP contribution in [0.3, 0.4) is 0 Å². The van der Waals surface area contributed by atoms with Gasteiger partial charge in [-0.25, -0.2) is 8.42 Å². The topological polar surface area (TPSA) is 67.2 Å². The molecule has 3 rings (SSSR count). The molecule has 1 N–H and O–H groups in total. The minimum absolute atomic E-state index is 0.298. The monoisotopic (exact) mass is 348 g/mol. The van der Waals surface area contributed by atoms with Gasteiger partial charge in [0.05, 0.1) is 11.4 Å². The highest BCUT2D eigenvalue weighted by Gasteiger charge is 2.29. The van der Waals surface area contributed by atoms with E-state index >= 15 is 0 Å². The summed E-state index contributed by atoms with van der Waals surface area (Å²) in [5, 5.41) is 7.80. The van der Waals surface area contributed by atoms with E-state index in [4.69, 9.17) is 0 Å². The second kappa shape index (κ2) is 7.46. The highest BCUT2D eigenvalue weighted by Crippen LogP contribution is 2.20. The smallest absolute Gasteiger partial charge is 0.243 e. The molecular weight excluding hydrogens is 324 g/mol. The van der Waals surface area contributed by atoms with Gasteiger partial charge in [-0.1, -0.05) is 18.2 Å². The summed E-state index contributed by atoms with van der Waals surface area (Å²) in [4.78, 5) is 0.378. The minimum Gasteiger partial charge on any atom is -0.310 e. The van der Waals surface area contributed by atoms with Crippen LogP contribution in [0, 0.1) is 0 Å². The lowest BCUT2D eigenvalue weighted by atomic mass is 10.1.